The van der Waals surface area contributed by atoms with Crippen LogP contribution in [0.5, 0.6) is 0 Å². The highest BCUT2D eigenvalue weighted by Gasteiger charge is 2.48. The van der Waals surface area contributed by atoms with Crippen molar-refractivity contribution in [3.8, 4) is 0 Å². The summed E-state index contributed by atoms with van der Waals surface area (Å²) < 4.78 is 14.2. The van der Waals surface area contributed by atoms with E-state index in [0.717, 1.165) is 6.42 Å². The number of anilines is 1. The third-order valence-corrected chi connectivity index (χ3v) is 5.54. The minimum atomic E-state index is -0.596. The van der Waals surface area contributed by atoms with Gasteiger partial charge in [-0.2, -0.15) is 4.39 Å². The van der Waals surface area contributed by atoms with Gasteiger partial charge in [0.2, 0.25) is 5.95 Å². The van der Waals surface area contributed by atoms with Gasteiger partial charge in [0, 0.05) is 17.0 Å². The van der Waals surface area contributed by atoms with E-state index in [4.69, 9.17) is 17.3 Å². The fourth-order valence-corrected chi connectivity index (χ4v) is 4.06. The Morgan fingerprint density at radius 3 is 2.96 bits per heavy atom. The first-order chi connectivity index (χ1) is 12.0. The molecule has 3 unspecified atom stereocenters. The lowest BCUT2D eigenvalue weighted by atomic mass is 10.0. The predicted molar refractivity (Wildman–Crippen MR) is 95.2 cm³/mol. The lowest BCUT2D eigenvalue weighted by Crippen LogP contribution is -2.19. The molecule has 6 nitrogen and oxygen atoms in total. The van der Waals surface area contributed by atoms with Crippen molar-refractivity contribution in [3.63, 3.8) is 0 Å². The lowest BCUT2D eigenvalue weighted by molar-refractivity contribution is 0.102. The molecule has 1 aliphatic carbocycles. The van der Waals surface area contributed by atoms with E-state index < -0.39 is 11.9 Å². The number of aromatic nitrogens is 2. The van der Waals surface area contributed by atoms with Gasteiger partial charge < -0.3 is 11.1 Å². The van der Waals surface area contributed by atoms with Crippen molar-refractivity contribution < 1.29 is 9.18 Å². The first kappa shape index (κ1) is 16.3. The Balaban J connectivity index is 1.58. The van der Waals surface area contributed by atoms with Gasteiger partial charge in [0.1, 0.15) is 5.69 Å². The third kappa shape index (κ3) is 3.32. The first-order valence-electron chi connectivity index (χ1n) is 7.59. The van der Waals surface area contributed by atoms with E-state index in [1.54, 1.807) is 12.1 Å². The Hall–Kier alpha value is -2.19. The molecule has 4 rings (SSSR count). The molecule has 3 heterocycles. The van der Waals surface area contributed by atoms with Gasteiger partial charge in [-0.05, 0) is 30.5 Å². The van der Waals surface area contributed by atoms with Gasteiger partial charge >= 0.3 is 0 Å². The highest BCUT2D eigenvalue weighted by atomic mass is 35.5. The van der Waals surface area contributed by atoms with Crippen molar-refractivity contribution in [2.75, 3.05) is 5.32 Å². The first-order valence-corrected chi connectivity index (χ1v) is 8.85. The molecule has 1 aliphatic heterocycles. The van der Waals surface area contributed by atoms with Crippen molar-refractivity contribution in [2.45, 2.75) is 17.7 Å². The minimum absolute atomic E-state index is 0.203. The molecule has 2 aromatic rings. The number of hydrogen-bond donors (Lipinski definition) is 2. The number of carbonyl (C=O) groups is 1. The summed E-state index contributed by atoms with van der Waals surface area (Å²) in [6.07, 6.45) is 3.60. The normalized spacial score (nSPS) is 24.2. The number of nitrogens with two attached hydrogens (primary N) is 1. The van der Waals surface area contributed by atoms with E-state index in [9.17, 15) is 9.18 Å². The maximum atomic E-state index is 14.2. The second kappa shape index (κ2) is 6.27. The summed E-state index contributed by atoms with van der Waals surface area (Å²) in [5.74, 6) is -0.762. The van der Waals surface area contributed by atoms with E-state index in [-0.39, 0.29) is 17.7 Å². The minimum Gasteiger partial charge on any atom is -0.379 e. The molecule has 128 valence electrons. The maximum Gasteiger partial charge on any atom is 0.274 e. The molecule has 2 aliphatic rings. The molecule has 25 heavy (non-hydrogen) atoms. The molecule has 1 fully saturated rings. The quantitative estimate of drug-likeness (QED) is 0.802. The summed E-state index contributed by atoms with van der Waals surface area (Å²) in [5, 5.41) is 3.95. The third-order valence-electron chi connectivity index (χ3n) is 4.13. The summed E-state index contributed by atoms with van der Waals surface area (Å²) >= 11 is 7.29. The summed E-state index contributed by atoms with van der Waals surface area (Å²) in [6, 6.07) is 4.28. The van der Waals surface area contributed by atoms with Crippen molar-refractivity contribution in [1.82, 2.24) is 9.97 Å². The fourth-order valence-electron chi connectivity index (χ4n) is 2.82. The van der Waals surface area contributed by atoms with Gasteiger partial charge in [-0.25, -0.2) is 9.97 Å². The van der Waals surface area contributed by atoms with Gasteiger partial charge in [0.05, 0.1) is 22.9 Å². The summed E-state index contributed by atoms with van der Waals surface area (Å²) in [4.78, 5) is 24.3. The van der Waals surface area contributed by atoms with E-state index in [1.807, 2.05) is 0 Å². The molecule has 0 spiro atoms. The number of thioether (sulfide) groups is 1. The Morgan fingerprint density at radius 2 is 2.20 bits per heavy atom. The summed E-state index contributed by atoms with van der Waals surface area (Å²) in [6.45, 7) is 0. The van der Waals surface area contributed by atoms with Crippen LogP contribution in [0.4, 0.5) is 10.1 Å². The summed E-state index contributed by atoms with van der Waals surface area (Å²) in [7, 11) is 0. The van der Waals surface area contributed by atoms with Crippen LogP contribution < -0.4 is 11.1 Å². The monoisotopic (exact) mass is 377 g/mol. The van der Waals surface area contributed by atoms with E-state index in [1.165, 1.54) is 30.2 Å². The number of fused-ring (bicyclic) bond motifs is 1. The SMILES string of the molecule is NC1=NC(c2cc(NC(=O)c3ccc(Cl)cn3)cnc2F)C2CC2S1. The molecular formula is C16H13ClFN5OS. The fraction of sp³-hybridized carbons (Fsp3) is 0.250. The van der Waals surface area contributed by atoms with E-state index in [0.29, 0.717) is 26.7 Å². The molecule has 9 heteroatoms. The molecule has 1 saturated carbocycles. The number of rotatable bonds is 3. The van der Waals surface area contributed by atoms with E-state index >= 15 is 0 Å². The number of amidine groups is 1. The molecular weight excluding hydrogens is 365 g/mol. The van der Waals surface area contributed by atoms with Crippen LogP contribution >= 0.6 is 23.4 Å². The molecule has 0 radical (unpaired) electrons. The largest absolute Gasteiger partial charge is 0.379 e. The zero-order chi connectivity index (χ0) is 17.6. The van der Waals surface area contributed by atoms with Gasteiger partial charge in [0.25, 0.3) is 5.91 Å². The standard InChI is InChI=1S/C16H13ClFN5OS/c17-7-1-2-11(20-5-7)15(24)22-8-3-10(14(18)21-6-8)13-9-4-12(9)25-16(19)23-13/h1-3,5-6,9,12-13H,4H2,(H2,19,23)(H,22,24). The Labute approximate surface area is 152 Å². The van der Waals surface area contributed by atoms with Crippen LogP contribution in [0.1, 0.15) is 28.5 Å². The molecule has 0 saturated heterocycles. The van der Waals surface area contributed by atoms with E-state index in [2.05, 4.69) is 20.3 Å². The van der Waals surface area contributed by atoms with Crippen LogP contribution in [-0.2, 0) is 0 Å². The Bertz CT molecular complexity index is 875. The molecule has 2 aromatic heterocycles. The zero-order valence-corrected chi connectivity index (χ0v) is 14.4. The highest BCUT2D eigenvalue weighted by Crippen LogP contribution is 2.54. The van der Waals surface area contributed by atoms with Crippen LogP contribution in [-0.4, -0.2) is 26.3 Å². The zero-order valence-electron chi connectivity index (χ0n) is 12.8. The molecule has 0 aromatic carbocycles. The number of aliphatic imine (C=N–C) groups is 1. The van der Waals surface area contributed by atoms with Gasteiger partial charge in [-0.15, -0.1) is 0 Å². The van der Waals surface area contributed by atoms with Crippen LogP contribution in [0.15, 0.2) is 35.6 Å². The molecule has 3 N–H and O–H groups in total. The van der Waals surface area contributed by atoms with Crippen LogP contribution in [0.3, 0.4) is 0 Å². The van der Waals surface area contributed by atoms with Crippen molar-refractivity contribution >= 4 is 40.1 Å². The predicted octanol–water partition coefficient (Wildman–Crippen LogP) is 3.01. The number of pyridine rings is 2. The van der Waals surface area contributed by atoms with Crippen molar-refractivity contribution in [2.24, 2.45) is 16.6 Å². The lowest BCUT2D eigenvalue weighted by Gasteiger charge is -2.19. The number of halogens is 2. The Kier molecular flexibility index (Phi) is 4.09. The van der Waals surface area contributed by atoms with Gasteiger partial charge in [0.15, 0.2) is 5.17 Å². The van der Waals surface area contributed by atoms with Gasteiger partial charge in [-0.3, -0.25) is 9.79 Å². The number of hydrogen-bond acceptors (Lipinski definition) is 6. The number of amides is 1. The van der Waals surface area contributed by atoms with Crippen LogP contribution in [0.2, 0.25) is 5.02 Å². The average molecular weight is 378 g/mol. The second-order valence-electron chi connectivity index (χ2n) is 5.89. The second-order valence-corrected chi connectivity index (χ2v) is 7.58. The smallest absolute Gasteiger partial charge is 0.274 e. The summed E-state index contributed by atoms with van der Waals surface area (Å²) in [5.41, 5.74) is 6.74. The van der Waals surface area contributed by atoms with Crippen molar-refractivity contribution in [3.05, 3.63) is 52.8 Å². The molecule has 1 amide bonds. The number of carbonyl (C=O) groups excluding carboxylic acids is 1. The number of nitrogens with one attached hydrogen (secondary N) is 1. The maximum absolute atomic E-state index is 14.2. The molecule has 3 atom stereocenters. The highest BCUT2D eigenvalue weighted by molar-refractivity contribution is 8.14. The van der Waals surface area contributed by atoms with Crippen LogP contribution in [0, 0.1) is 11.9 Å². The number of nitrogens with zero attached hydrogens (tertiary/aromatic N) is 3. The topological polar surface area (TPSA) is 93.3 Å². The van der Waals surface area contributed by atoms with Crippen molar-refractivity contribution in [1.29, 1.82) is 0 Å². The Morgan fingerprint density at radius 1 is 1.36 bits per heavy atom. The van der Waals surface area contributed by atoms with Crippen LogP contribution in [0.25, 0.3) is 0 Å². The van der Waals surface area contributed by atoms with Gasteiger partial charge in [-0.1, -0.05) is 23.4 Å². The average Bonchev–Trinajstić information content (AvgIpc) is 3.35. The molecule has 0 bridgehead atoms.